The topological polar surface area (TPSA) is 6.48 Å². The molecule has 0 atom stereocenters. The largest absolute Gasteiger partial charge is 0.376 e. The van der Waals surface area contributed by atoms with Crippen LogP contribution in [-0.4, -0.2) is 6.85 Å². The minimum Gasteiger partial charge on any atom is -0.376 e. The minimum atomic E-state index is -0.128. The van der Waals surface area contributed by atoms with E-state index in [1.165, 1.54) is 100 Å². The third-order valence-electron chi connectivity index (χ3n) is 13.5. The summed E-state index contributed by atoms with van der Waals surface area (Å²) in [5, 5.41) is 2.53. The molecule has 7 aromatic carbocycles. The van der Waals surface area contributed by atoms with E-state index in [0.29, 0.717) is 0 Å². The van der Waals surface area contributed by atoms with Crippen molar-refractivity contribution in [2.24, 2.45) is 0 Å². The molecule has 10 rings (SSSR count). The van der Waals surface area contributed by atoms with Gasteiger partial charge in [-0.2, -0.15) is 0 Å². The van der Waals surface area contributed by atoms with E-state index in [9.17, 15) is 0 Å². The molecule has 2 aliphatic heterocycles. The van der Waals surface area contributed by atoms with E-state index < -0.39 is 0 Å². The molecule has 0 radical (unpaired) electrons. The molecule has 7 aromatic rings. The highest BCUT2D eigenvalue weighted by Crippen LogP contribution is 2.55. The number of benzene rings is 7. The Hall–Kier alpha value is -5.54. The number of anilines is 5. The maximum absolute atomic E-state index is 2.70. The van der Waals surface area contributed by atoms with Gasteiger partial charge in [-0.3, -0.25) is 0 Å². The van der Waals surface area contributed by atoms with Gasteiger partial charge in [-0.1, -0.05) is 161 Å². The van der Waals surface area contributed by atoms with Crippen molar-refractivity contribution in [1.29, 1.82) is 0 Å². The molecule has 0 aromatic heterocycles. The molecule has 0 unspecified atom stereocenters. The summed E-state index contributed by atoms with van der Waals surface area (Å²) in [4.78, 5) is 5.29. The monoisotopic (exact) mass is 754 g/mol. The second-order valence-corrected chi connectivity index (χ2v) is 20.7. The van der Waals surface area contributed by atoms with E-state index in [-0.39, 0.29) is 28.5 Å². The van der Waals surface area contributed by atoms with Gasteiger partial charge in [0.2, 0.25) is 0 Å². The molecule has 0 bridgehead atoms. The maximum atomic E-state index is 2.70. The summed E-state index contributed by atoms with van der Waals surface area (Å²) in [6.45, 7) is 25.6. The molecular weight excluding hydrogens is 699 g/mol. The Labute approximate surface area is 346 Å². The average Bonchev–Trinajstić information content (AvgIpc) is 3.41. The lowest BCUT2D eigenvalue weighted by atomic mass is 9.43. The first kappa shape index (κ1) is 36.8. The van der Waals surface area contributed by atoms with E-state index in [1.807, 2.05) is 0 Å². The zero-order valence-electron chi connectivity index (χ0n) is 36.2. The summed E-state index contributed by atoms with van der Waals surface area (Å²) in [7, 11) is 0. The van der Waals surface area contributed by atoms with Crippen molar-refractivity contribution in [2.75, 3.05) is 9.71 Å². The molecule has 0 amide bonds. The minimum absolute atomic E-state index is 0.0247. The standard InChI is InChI=1S/C55H55BN2/c1-52(2,3)35-20-25-38(26-21-35)57-48-29-24-37(54(7,8)9)31-47(48)56-50-44(30-34-16-12-13-17-40(34)51(50)57)43-32-42-41-18-14-15-19-45(41)55(10,11)46(42)33-49(43)58(56)39-27-22-36(23-28-39)53(4,5)6/h12-33H,1-11H3. The molecular formula is C55H55BN2. The van der Waals surface area contributed by atoms with E-state index >= 15 is 0 Å². The highest BCUT2D eigenvalue weighted by Gasteiger charge is 2.47. The Morgan fingerprint density at radius 1 is 0.466 bits per heavy atom. The van der Waals surface area contributed by atoms with Crippen molar-refractivity contribution < 1.29 is 0 Å². The zero-order chi connectivity index (χ0) is 40.7. The highest BCUT2D eigenvalue weighted by atomic mass is 15.2. The van der Waals surface area contributed by atoms with Crippen LogP contribution in [0.4, 0.5) is 28.4 Å². The SMILES string of the molecule is CC(C)(C)c1ccc(N2B3c4cc(C(C)(C)C)ccc4N(c4ccc(C(C)(C)C)cc4)c4c3c(cc3ccccc43)-c3cc4c(cc32)C(C)(C)c2ccccc2-4)cc1. The fourth-order valence-corrected chi connectivity index (χ4v) is 10.2. The van der Waals surface area contributed by atoms with Crippen LogP contribution in [-0.2, 0) is 21.7 Å². The van der Waals surface area contributed by atoms with Gasteiger partial charge >= 0.3 is 6.85 Å². The summed E-state index contributed by atoms with van der Waals surface area (Å²) in [6, 6.07) is 51.9. The van der Waals surface area contributed by atoms with Crippen LogP contribution < -0.4 is 20.6 Å². The van der Waals surface area contributed by atoms with Gasteiger partial charge in [0.05, 0.1) is 5.69 Å². The fraction of sp³-hybridized carbons (Fsp3) is 0.273. The summed E-state index contributed by atoms with van der Waals surface area (Å²) in [5.74, 6) is 0. The van der Waals surface area contributed by atoms with Crippen molar-refractivity contribution in [3.63, 3.8) is 0 Å². The van der Waals surface area contributed by atoms with Crippen molar-refractivity contribution in [3.8, 4) is 22.3 Å². The van der Waals surface area contributed by atoms with E-state index in [0.717, 1.165) is 0 Å². The lowest BCUT2D eigenvalue weighted by Gasteiger charge is -2.47. The first-order valence-electron chi connectivity index (χ1n) is 21.2. The Balaban J connectivity index is 1.35. The van der Waals surface area contributed by atoms with Crippen molar-refractivity contribution >= 4 is 57.0 Å². The van der Waals surface area contributed by atoms with Gasteiger partial charge in [0.15, 0.2) is 0 Å². The fourth-order valence-electron chi connectivity index (χ4n) is 10.2. The second kappa shape index (κ2) is 12.2. The smallest absolute Gasteiger partial charge is 0.333 e. The normalized spacial score (nSPS) is 15.2. The number of fused-ring (bicyclic) bond motifs is 9. The van der Waals surface area contributed by atoms with Gasteiger partial charge in [-0.05, 0) is 126 Å². The molecule has 288 valence electrons. The molecule has 2 heterocycles. The molecule has 3 aliphatic rings. The number of hydrogen-bond acceptors (Lipinski definition) is 2. The summed E-state index contributed by atoms with van der Waals surface area (Å²) >= 11 is 0. The molecule has 1 aliphatic carbocycles. The second-order valence-electron chi connectivity index (χ2n) is 20.7. The molecule has 0 saturated heterocycles. The number of nitrogens with zero attached hydrogens (tertiary/aromatic N) is 2. The first-order valence-corrected chi connectivity index (χ1v) is 21.2. The van der Waals surface area contributed by atoms with Gasteiger partial charge in [0.25, 0.3) is 0 Å². The van der Waals surface area contributed by atoms with Crippen LogP contribution in [0.3, 0.4) is 0 Å². The van der Waals surface area contributed by atoms with Crippen LogP contribution in [0.1, 0.15) is 104 Å². The van der Waals surface area contributed by atoms with Crippen LogP contribution in [0, 0.1) is 0 Å². The molecule has 0 fully saturated rings. The van der Waals surface area contributed by atoms with E-state index in [4.69, 9.17) is 0 Å². The summed E-state index contributed by atoms with van der Waals surface area (Å²) < 4.78 is 0. The highest BCUT2D eigenvalue weighted by molar-refractivity contribution is 6.94. The van der Waals surface area contributed by atoms with Gasteiger partial charge in [-0.25, -0.2) is 0 Å². The van der Waals surface area contributed by atoms with Gasteiger partial charge in [-0.15, -0.1) is 0 Å². The van der Waals surface area contributed by atoms with Gasteiger partial charge < -0.3 is 9.71 Å². The predicted molar refractivity (Wildman–Crippen MR) is 251 cm³/mol. The predicted octanol–water partition coefficient (Wildman–Crippen LogP) is 13.7. The van der Waals surface area contributed by atoms with Gasteiger partial charge in [0.1, 0.15) is 0 Å². The van der Waals surface area contributed by atoms with Crippen LogP contribution in [0.2, 0.25) is 0 Å². The molecule has 0 spiro atoms. The van der Waals surface area contributed by atoms with Crippen LogP contribution >= 0.6 is 0 Å². The third kappa shape index (κ3) is 5.38. The van der Waals surface area contributed by atoms with E-state index in [1.54, 1.807) is 0 Å². The van der Waals surface area contributed by atoms with Crippen LogP contribution in [0.15, 0.2) is 133 Å². The molecule has 3 heteroatoms. The first-order chi connectivity index (χ1) is 27.4. The lowest BCUT2D eigenvalue weighted by molar-refractivity contribution is 0.590. The Morgan fingerprint density at radius 2 is 1.05 bits per heavy atom. The molecule has 0 N–H and O–H groups in total. The summed E-state index contributed by atoms with van der Waals surface area (Å²) in [5.41, 5.74) is 21.0. The Bertz CT molecular complexity index is 2800. The van der Waals surface area contributed by atoms with E-state index in [2.05, 4.69) is 219 Å². The van der Waals surface area contributed by atoms with Crippen molar-refractivity contribution in [1.82, 2.24) is 0 Å². The van der Waals surface area contributed by atoms with Crippen LogP contribution in [0.5, 0.6) is 0 Å². The van der Waals surface area contributed by atoms with Crippen molar-refractivity contribution in [2.45, 2.75) is 97.8 Å². The Morgan fingerprint density at radius 3 is 1.71 bits per heavy atom. The molecule has 2 nitrogen and oxygen atoms in total. The summed E-state index contributed by atoms with van der Waals surface area (Å²) in [6.07, 6.45) is 0. The number of hydrogen-bond donors (Lipinski definition) is 0. The van der Waals surface area contributed by atoms with Crippen molar-refractivity contribution in [3.05, 3.63) is 161 Å². The Kier molecular flexibility index (Phi) is 7.76. The number of rotatable bonds is 2. The third-order valence-corrected chi connectivity index (χ3v) is 13.5. The molecule has 0 saturated carbocycles. The van der Waals surface area contributed by atoms with Crippen LogP contribution in [0.25, 0.3) is 33.0 Å². The van der Waals surface area contributed by atoms with Gasteiger partial charge in [0, 0.05) is 39.1 Å². The lowest BCUT2D eigenvalue weighted by Crippen LogP contribution is -2.61. The zero-order valence-corrected chi connectivity index (χ0v) is 36.2. The quantitative estimate of drug-likeness (QED) is 0.162. The average molecular weight is 755 g/mol. The maximum Gasteiger partial charge on any atom is 0.333 e. The molecule has 58 heavy (non-hydrogen) atoms.